The summed E-state index contributed by atoms with van der Waals surface area (Å²) in [5.74, 6) is -0.0377. The Balaban J connectivity index is 1.57. The van der Waals surface area contributed by atoms with Gasteiger partial charge in [-0.1, -0.05) is 41.9 Å². The van der Waals surface area contributed by atoms with Crippen molar-refractivity contribution in [3.05, 3.63) is 93.3 Å². The van der Waals surface area contributed by atoms with Gasteiger partial charge in [-0.15, -0.1) is 11.3 Å². The molecule has 8 heteroatoms. The molecule has 0 saturated heterocycles. The van der Waals surface area contributed by atoms with Crippen LogP contribution in [0.15, 0.2) is 77.1 Å². The SMILES string of the molecule is O=C1COc2ccc(-c3csc(=Nc4ccc(Cl)c(F)c4)n3CCc3ccccc3)cc2N1. The second kappa shape index (κ2) is 9.21. The average molecular weight is 480 g/mol. The van der Waals surface area contributed by atoms with Crippen LogP contribution in [0.3, 0.4) is 0 Å². The van der Waals surface area contributed by atoms with E-state index in [1.807, 2.05) is 41.8 Å². The Labute approximate surface area is 198 Å². The van der Waals surface area contributed by atoms with Crippen LogP contribution in [0, 0.1) is 5.82 Å². The lowest BCUT2D eigenvalue weighted by Crippen LogP contribution is -2.25. The topological polar surface area (TPSA) is 55.6 Å². The zero-order chi connectivity index (χ0) is 22.8. The fourth-order valence-corrected chi connectivity index (χ4v) is 4.73. The lowest BCUT2D eigenvalue weighted by Gasteiger charge is -2.19. The van der Waals surface area contributed by atoms with E-state index in [0.717, 1.165) is 22.5 Å². The Morgan fingerprint density at radius 1 is 1.12 bits per heavy atom. The lowest BCUT2D eigenvalue weighted by atomic mass is 10.1. The highest BCUT2D eigenvalue weighted by molar-refractivity contribution is 7.07. The highest BCUT2D eigenvalue weighted by atomic mass is 35.5. The molecule has 0 atom stereocenters. The standard InChI is InChI=1S/C25H19ClFN3O2S/c26-19-8-7-18(13-20(19)27)28-25-30(11-10-16-4-2-1-3-5-16)22(15-33-25)17-6-9-23-21(12-17)29-24(31)14-32-23/h1-9,12-13,15H,10-11,14H2,(H,29,31). The predicted octanol–water partition coefficient (Wildman–Crippen LogP) is 5.82. The molecular formula is C25H19ClFN3O2S. The third-order valence-corrected chi connectivity index (χ3v) is 6.47. The lowest BCUT2D eigenvalue weighted by molar-refractivity contribution is -0.118. The second-order valence-corrected chi connectivity index (χ2v) is 8.79. The van der Waals surface area contributed by atoms with Gasteiger partial charge in [0.25, 0.3) is 5.91 Å². The quantitative estimate of drug-likeness (QED) is 0.392. The van der Waals surface area contributed by atoms with Crippen LogP contribution in [0.1, 0.15) is 5.56 Å². The minimum Gasteiger partial charge on any atom is -0.482 e. The van der Waals surface area contributed by atoms with Crippen LogP contribution < -0.4 is 14.9 Å². The summed E-state index contributed by atoms with van der Waals surface area (Å²) in [5.41, 5.74) is 4.21. The van der Waals surface area contributed by atoms with Gasteiger partial charge in [-0.05, 0) is 42.3 Å². The molecule has 166 valence electrons. The van der Waals surface area contributed by atoms with Crippen LogP contribution in [0.4, 0.5) is 15.8 Å². The largest absolute Gasteiger partial charge is 0.482 e. The maximum absolute atomic E-state index is 14.0. The number of aryl methyl sites for hydroxylation is 1. The first-order chi connectivity index (χ1) is 16.1. The highest BCUT2D eigenvalue weighted by Crippen LogP contribution is 2.33. The van der Waals surface area contributed by atoms with Crippen molar-refractivity contribution in [1.82, 2.24) is 4.57 Å². The van der Waals surface area contributed by atoms with E-state index in [9.17, 15) is 9.18 Å². The van der Waals surface area contributed by atoms with E-state index in [0.29, 0.717) is 23.7 Å². The maximum atomic E-state index is 14.0. The number of benzene rings is 3. The maximum Gasteiger partial charge on any atom is 0.262 e. The fourth-order valence-electron chi connectivity index (χ4n) is 3.66. The number of ether oxygens (including phenoxy) is 1. The summed E-state index contributed by atoms with van der Waals surface area (Å²) in [6, 6.07) is 20.4. The number of thiazole rings is 1. The smallest absolute Gasteiger partial charge is 0.262 e. The summed E-state index contributed by atoms with van der Waals surface area (Å²) >= 11 is 7.30. The first-order valence-electron chi connectivity index (χ1n) is 10.4. The van der Waals surface area contributed by atoms with Crippen LogP contribution >= 0.6 is 22.9 Å². The van der Waals surface area contributed by atoms with E-state index in [2.05, 4.69) is 27.0 Å². The van der Waals surface area contributed by atoms with Gasteiger partial charge in [-0.3, -0.25) is 4.79 Å². The number of nitrogens with one attached hydrogen (secondary N) is 1. The Kier molecular flexibility index (Phi) is 5.98. The van der Waals surface area contributed by atoms with Gasteiger partial charge in [0, 0.05) is 23.6 Å². The molecule has 0 fully saturated rings. The van der Waals surface area contributed by atoms with Crippen LogP contribution in [-0.2, 0) is 17.8 Å². The molecule has 1 amide bonds. The molecule has 0 aliphatic carbocycles. The van der Waals surface area contributed by atoms with Crippen LogP contribution in [0.25, 0.3) is 11.3 Å². The van der Waals surface area contributed by atoms with Crippen molar-refractivity contribution in [1.29, 1.82) is 0 Å². The van der Waals surface area contributed by atoms with Crippen molar-refractivity contribution in [3.8, 4) is 17.0 Å². The molecule has 0 unspecified atom stereocenters. The van der Waals surface area contributed by atoms with E-state index in [1.165, 1.54) is 29.0 Å². The summed E-state index contributed by atoms with van der Waals surface area (Å²) in [6.07, 6.45) is 0.803. The number of carbonyl (C=O) groups excluding carboxylic acids is 1. The van der Waals surface area contributed by atoms with Crippen molar-refractivity contribution in [2.45, 2.75) is 13.0 Å². The van der Waals surface area contributed by atoms with Crippen molar-refractivity contribution in [2.24, 2.45) is 4.99 Å². The summed E-state index contributed by atoms with van der Waals surface area (Å²) in [7, 11) is 0. The van der Waals surface area contributed by atoms with E-state index in [-0.39, 0.29) is 17.5 Å². The van der Waals surface area contributed by atoms with Crippen LogP contribution in [-0.4, -0.2) is 17.1 Å². The molecule has 3 aromatic carbocycles. The molecule has 0 spiro atoms. The molecule has 1 aliphatic rings. The summed E-state index contributed by atoms with van der Waals surface area (Å²) in [6.45, 7) is 0.695. The summed E-state index contributed by atoms with van der Waals surface area (Å²) in [4.78, 5) is 17.2. The van der Waals surface area contributed by atoms with Crippen LogP contribution in [0.2, 0.25) is 5.02 Å². The Bertz CT molecular complexity index is 1400. The van der Waals surface area contributed by atoms with Crippen molar-refractivity contribution in [2.75, 3.05) is 11.9 Å². The van der Waals surface area contributed by atoms with Crippen LogP contribution in [0.5, 0.6) is 5.75 Å². The van der Waals surface area contributed by atoms with Gasteiger partial charge >= 0.3 is 0 Å². The Morgan fingerprint density at radius 3 is 2.79 bits per heavy atom. The van der Waals surface area contributed by atoms with Gasteiger partial charge in [0.1, 0.15) is 11.6 Å². The van der Waals surface area contributed by atoms with Crippen molar-refractivity contribution in [3.63, 3.8) is 0 Å². The monoisotopic (exact) mass is 479 g/mol. The molecule has 33 heavy (non-hydrogen) atoms. The minimum atomic E-state index is -0.504. The number of fused-ring (bicyclic) bond motifs is 1. The summed E-state index contributed by atoms with van der Waals surface area (Å²) in [5, 5.41) is 4.94. The summed E-state index contributed by atoms with van der Waals surface area (Å²) < 4.78 is 21.6. The molecule has 5 nitrogen and oxygen atoms in total. The number of halogens is 2. The van der Waals surface area contributed by atoms with E-state index >= 15 is 0 Å². The molecule has 0 bridgehead atoms. The third kappa shape index (κ3) is 4.69. The molecular weight excluding hydrogens is 461 g/mol. The predicted molar refractivity (Wildman–Crippen MR) is 129 cm³/mol. The van der Waals surface area contributed by atoms with E-state index in [1.54, 1.807) is 6.07 Å². The Morgan fingerprint density at radius 2 is 1.97 bits per heavy atom. The first kappa shape index (κ1) is 21.4. The third-order valence-electron chi connectivity index (χ3n) is 5.30. The fraction of sp³-hybridized carbons (Fsp3) is 0.120. The number of anilines is 1. The van der Waals surface area contributed by atoms with Gasteiger partial charge in [0.15, 0.2) is 11.4 Å². The van der Waals surface area contributed by atoms with Gasteiger partial charge in [-0.25, -0.2) is 9.38 Å². The average Bonchev–Trinajstić information content (AvgIpc) is 3.22. The number of hydrogen-bond acceptors (Lipinski definition) is 4. The van der Waals surface area contributed by atoms with Gasteiger partial charge < -0.3 is 14.6 Å². The normalized spacial score (nSPS) is 13.4. The van der Waals surface area contributed by atoms with Crippen molar-refractivity contribution >= 4 is 40.2 Å². The highest BCUT2D eigenvalue weighted by Gasteiger charge is 2.18. The Hall–Kier alpha value is -3.42. The van der Waals surface area contributed by atoms with E-state index < -0.39 is 5.82 Å². The molecule has 1 aliphatic heterocycles. The molecule has 5 rings (SSSR count). The number of carbonyl (C=O) groups is 1. The molecule has 0 radical (unpaired) electrons. The molecule has 4 aromatic rings. The molecule has 2 heterocycles. The molecule has 1 aromatic heterocycles. The van der Waals surface area contributed by atoms with Crippen molar-refractivity contribution < 1.29 is 13.9 Å². The first-order valence-corrected chi connectivity index (χ1v) is 11.6. The van der Waals surface area contributed by atoms with Gasteiger partial charge in [0.05, 0.1) is 22.1 Å². The zero-order valence-corrected chi connectivity index (χ0v) is 19.0. The number of hydrogen-bond donors (Lipinski definition) is 1. The van der Waals surface area contributed by atoms with Gasteiger partial charge in [0.2, 0.25) is 0 Å². The number of nitrogens with zero attached hydrogens (tertiary/aromatic N) is 2. The number of amides is 1. The second-order valence-electron chi connectivity index (χ2n) is 7.55. The van der Waals surface area contributed by atoms with E-state index in [4.69, 9.17) is 16.3 Å². The number of rotatable bonds is 5. The molecule has 1 N–H and O–H groups in total. The molecule has 0 saturated carbocycles. The minimum absolute atomic E-state index is 0.0164. The van der Waals surface area contributed by atoms with Gasteiger partial charge in [-0.2, -0.15) is 0 Å². The number of aromatic nitrogens is 1. The zero-order valence-electron chi connectivity index (χ0n) is 17.4.